The Morgan fingerprint density at radius 2 is 1.90 bits per heavy atom. The van der Waals surface area contributed by atoms with Gasteiger partial charge in [0, 0.05) is 16.1 Å². The minimum Gasteiger partial charge on any atom is -0.463 e. The normalized spacial score (nSPS) is 21.8. The van der Waals surface area contributed by atoms with Crippen LogP contribution >= 0.6 is 11.8 Å². The van der Waals surface area contributed by atoms with E-state index in [1.54, 1.807) is 6.08 Å². The Bertz CT molecular complexity index is 394. The van der Waals surface area contributed by atoms with Crippen LogP contribution in [0.5, 0.6) is 0 Å². The molecule has 0 amide bonds. The van der Waals surface area contributed by atoms with E-state index in [2.05, 4.69) is 38.6 Å². The zero-order valence-corrected chi connectivity index (χ0v) is 14.3. The van der Waals surface area contributed by atoms with Crippen LogP contribution in [-0.2, 0) is 9.53 Å². The summed E-state index contributed by atoms with van der Waals surface area (Å²) in [6.45, 7) is 11.1. The van der Waals surface area contributed by atoms with Crippen molar-refractivity contribution in [3.63, 3.8) is 0 Å². The van der Waals surface area contributed by atoms with Crippen molar-refractivity contribution in [2.75, 3.05) is 6.61 Å². The fourth-order valence-corrected chi connectivity index (χ4v) is 3.22. The molecule has 0 N–H and O–H groups in total. The van der Waals surface area contributed by atoms with Crippen molar-refractivity contribution in [2.45, 2.75) is 70.3 Å². The highest BCUT2D eigenvalue weighted by Gasteiger charge is 2.45. The van der Waals surface area contributed by atoms with Crippen LogP contribution in [-0.4, -0.2) is 22.6 Å². The fraction of sp³-hybridized carbons (Fsp3) is 0.706. The van der Waals surface area contributed by atoms with Crippen LogP contribution in [0.2, 0.25) is 0 Å². The van der Waals surface area contributed by atoms with Gasteiger partial charge in [-0.3, -0.25) is 0 Å². The second-order valence-electron chi connectivity index (χ2n) is 6.08. The Morgan fingerprint density at radius 3 is 2.45 bits per heavy atom. The molecular weight excluding hydrogens is 268 g/mol. The molecule has 3 heteroatoms. The summed E-state index contributed by atoms with van der Waals surface area (Å²) in [4.78, 5) is 11.3. The van der Waals surface area contributed by atoms with Crippen LogP contribution < -0.4 is 0 Å². The standard InChI is InChI=1S/C17H28O2S/c1-6-19-16(18)12-14(3)9-7-8-13(2)10-11-15-17(4,5)20-15/h8,12,15H,6-7,9-11H2,1-5H3/b13-8?,14-12+. The molecule has 0 spiro atoms. The molecule has 1 saturated heterocycles. The molecule has 1 heterocycles. The highest BCUT2D eigenvalue weighted by molar-refractivity contribution is 8.08. The molecule has 1 fully saturated rings. The molecule has 0 bridgehead atoms. The molecule has 2 nitrogen and oxygen atoms in total. The summed E-state index contributed by atoms with van der Waals surface area (Å²) in [5.74, 6) is -0.223. The first kappa shape index (κ1) is 17.4. The smallest absolute Gasteiger partial charge is 0.330 e. The largest absolute Gasteiger partial charge is 0.463 e. The van der Waals surface area contributed by atoms with Crippen LogP contribution in [0.15, 0.2) is 23.3 Å². The number of allylic oxidation sites excluding steroid dienone is 3. The number of esters is 1. The van der Waals surface area contributed by atoms with Crippen LogP contribution in [0.25, 0.3) is 0 Å². The molecule has 0 aromatic heterocycles. The Morgan fingerprint density at radius 1 is 1.25 bits per heavy atom. The summed E-state index contributed by atoms with van der Waals surface area (Å²) >= 11 is 2.09. The Labute approximate surface area is 128 Å². The molecule has 1 atom stereocenters. The van der Waals surface area contributed by atoms with E-state index in [-0.39, 0.29) is 5.97 Å². The van der Waals surface area contributed by atoms with E-state index < -0.39 is 0 Å². The summed E-state index contributed by atoms with van der Waals surface area (Å²) in [6.07, 6.45) is 8.34. The lowest BCUT2D eigenvalue weighted by atomic mass is 10.0. The van der Waals surface area contributed by atoms with Crippen molar-refractivity contribution in [3.8, 4) is 0 Å². The molecular formula is C17H28O2S. The zero-order valence-electron chi connectivity index (χ0n) is 13.5. The lowest BCUT2D eigenvalue weighted by Crippen LogP contribution is -2.02. The van der Waals surface area contributed by atoms with Crippen LogP contribution in [0.3, 0.4) is 0 Å². The first-order valence-corrected chi connectivity index (χ1v) is 8.40. The first-order chi connectivity index (χ1) is 9.35. The minimum absolute atomic E-state index is 0.223. The van der Waals surface area contributed by atoms with E-state index in [4.69, 9.17) is 4.74 Å². The minimum atomic E-state index is -0.223. The molecule has 1 rings (SSSR count). The van der Waals surface area contributed by atoms with Crippen molar-refractivity contribution in [1.82, 2.24) is 0 Å². The van der Waals surface area contributed by atoms with Gasteiger partial charge in [-0.05, 0) is 60.3 Å². The van der Waals surface area contributed by atoms with Crippen LogP contribution in [0, 0.1) is 0 Å². The SMILES string of the molecule is CCOC(=O)/C=C(\C)CCC=C(C)CCC1SC1(C)C. The van der Waals surface area contributed by atoms with Gasteiger partial charge in [0.2, 0.25) is 0 Å². The van der Waals surface area contributed by atoms with Crippen molar-refractivity contribution >= 4 is 17.7 Å². The van der Waals surface area contributed by atoms with Gasteiger partial charge in [-0.1, -0.05) is 17.2 Å². The van der Waals surface area contributed by atoms with Gasteiger partial charge in [-0.25, -0.2) is 4.79 Å². The van der Waals surface area contributed by atoms with Gasteiger partial charge < -0.3 is 4.74 Å². The van der Waals surface area contributed by atoms with Gasteiger partial charge in [0.15, 0.2) is 0 Å². The number of hydrogen-bond donors (Lipinski definition) is 0. The van der Waals surface area contributed by atoms with E-state index in [0.717, 1.165) is 23.7 Å². The lowest BCUT2D eigenvalue weighted by Gasteiger charge is -2.03. The summed E-state index contributed by atoms with van der Waals surface area (Å²) in [5.41, 5.74) is 2.56. The van der Waals surface area contributed by atoms with Gasteiger partial charge in [0.05, 0.1) is 6.61 Å². The fourth-order valence-electron chi connectivity index (χ4n) is 2.20. The Balaban J connectivity index is 2.21. The number of carbonyl (C=O) groups is 1. The van der Waals surface area contributed by atoms with Gasteiger partial charge in [0.1, 0.15) is 0 Å². The molecule has 1 aliphatic rings. The van der Waals surface area contributed by atoms with Crippen molar-refractivity contribution in [1.29, 1.82) is 0 Å². The third-order valence-electron chi connectivity index (χ3n) is 3.65. The van der Waals surface area contributed by atoms with E-state index in [1.165, 1.54) is 18.4 Å². The van der Waals surface area contributed by atoms with E-state index in [9.17, 15) is 4.79 Å². The Kier molecular flexibility index (Phi) is 6.87. The van der Waals surface area contributed by atoms with Crippen molar-refractivity contribution in [3.05, 3.63) is 23.3 Å². The molecule has 1 aliphatic heterocycles. The first-order valence-electron chi connectivity index (χ1n) is 7.52. The molecule has 0 aromatic carbocycles. The third kappa shape index (κ3) is 6.65. The summed E-state index contributed by atoms with van der Waals surface area (Å²) in [6, 6.07) is 0. The van der Waals surface area contributed by atoms with Gasteiger partial charge in [-0.2, -0.15) is 0 Å². The predicted octanol–water partition coefficient (Wildman–Crippen LogP) is 4.90. The maximum absolute atomic E-state index is 11.3. The van der Waals surface area contributed by atoms with Crippen LogP contribution in [0.1, 0.15) is 60.3 Å². The molecule has 0 aliphatic carbocycles. The third-order valence-corrected chi connectivity index (χ3v) is 5.39. The molecule has 114 valence electrons. The summed E-state index contributed by atoms with van der Waals surface area (Å²) in [5, 5.41) is 0.844. The van der Waals surface area contributed by atoms with Crippen molar-refractivity contribution in [2.24, 2.45) is 0 Å². The number of rotatable bonds is 8. The Hall–Kier alpha value is -0.700. The van der Waals surface area contributed by atoms with Gasteiger partial charge >= 0.3 is 5.97 Å². The number of hydrogen-bond acceptors (Lipinski definition) is 3. The molecule has 0 aromatic rings. The average molecular weight is 296 g/mol. The second kappa shape index (κ2) is 7.92. The monoisotopic (exact) mass is 296 g/mol. The highest BCUT2D eigenvalue weighted by atomic mass is 32.2. The zero-order chi connectivity index (χ0) is 15.2. The predicted molar refractivity (Wildman–Crippen MR) is 88.1 cm³/mol. The van der Waals surface area contributed by atoms with Crippen LogP contribution in [0.4, 0.5) is 0 Å². The van der Waals surface area contributed by atoms with E-state index >= 15 is 0 Å². The number of carbonyl (C=O) groups excluding carboxylic acids is 1. The number of ether oxygens (including phenoxy) is 1. The molecule has 0 radical (unpaired) electrons. The highest BCUT2D eigenvalue weighted by Crippen LogP contribution is 2.55. The molecule has 1 unspecified atom stereocenters. The second-order valence-corrected chi connectivity index (χ2v) is 7.94. The van der Waals surface area contributed by atoms with E-state index in [0.29, 0.717) is 11.4 Å². The van der Waals surface area contributed by atoms with Gasteiger partial charge in [-0.15, -0.1) is 11.8 Å². The summed E-state index contributed by atoms with van der Waals surface area (Å²) < 4.78 is 5.41. The van der Waals surface area contributed by atoms with Crippen molar-refractivity contribution < 1.29 is 9.53 Å². The quantitative estimate of drug-likeness (QED) is 0.276. The van der Waals surface area contributed by atoms with E-state index in [1.807, 2.05) is 13.8 Å². The van der Waals surface area contributed by atoms with Gasteiger partial charge in [0.25, 0.3) is 0 Å². The molecule has 0 saturated carbocycles. The number of thioether (sulfide) groups is 1. The topological polar surface area (TPSA) is 26.3 Å². The maximum Gasteiger partial charge on any atom is 0.330 e. The summed E-state index contributed by atoms with van der Waals surface area (Å²) in [7, 11) is 0. The molecule has 20 heavy (non-hydrogen) atoms. The maximum atomic E-state index is 11.3. The lowest BCUT2D eigenvalue weighted by molar-refractivity contribution is -0.137. The average Bonchev–Trinajstić information content (AvgIpc) is 2.94.